The van der Waals surface area contributed by atoms with Crippen molar-refractivity contribution in [2.24, 2.45) is 0 Å². The van der Waals surface area contributed by atoms with Gasteiger partial charge in [0.1, 0.15) is 0 Å². The molecule has 1 heterocycles. The van der Waals surface area contributed by atoms with Gasteiger partial charge in [-0.2, -0.15) is 0 Å². The van der Waals surface area contributed by atoms with Gasteiger partial charge in [0.2, 0.25) is 0 Å². The van der Waals surface area contributed by atoms with E-state index in [1.165, 1.54) is 6.92 Å². The minimum absolute atomic E-state index is 0.0239. The fraction of sp³-hybridized carbons (Fsp3) is 0.375. The van der Waals surface area contributed by atoms with E-state index in [0.29, 0.717) is 36.0 Å². The van der Waals surface area contributed by atoms with Crippen LogP contribution in [0.4, 0.5) is 5.69 Å². The van der Waals surface area contributed by atoms with Gasteiger partial charge in [-0.05, 0) is 50.6 Å². The monoisotopic (exact) mass is 425 g/mol. The van der Waals surface area contributed by atoms with Gasteiger partial charge < -0.3 is 19.5 Å². The number of aryl methyl sites for hydroxylation is 2. The normalized spacial score (nSPS) is 13.6. The lowest BCUT2D eigenvalue weighted by Crippen LogP contribution is -2.30. The summed E-state index contributed by atoms with van der Waals surface area (Å²) < 4.78 is 16.3. The van der Waals surface area contributed by atoms with Gasteiger partial charge in [0.15, 0.2) is 23.4 Å². The molecule has 2 aromatic carbocycles. The molecular weight excluding hydrogens is 398 g/mol. The minimum atomic E-state index is -0.971. The molecule has 0 bridgehead atoms. The summed E-state index contributed by atoms with van der Waals surface area (Å²) in [6.07, 6.45) is -0.335. The highest BCUT2D eigenvalue weighted by Gasteiger charge is 2.20. The summed E-state index contributed by atoms with van der Waals surface area (Å²) in [4.78, 5) is 36.9. The number of ketones is 1. The molecule has 7 nitrogen and oxygen atoms in total. The van der Waals surface area contributed by atoms with Gasteiger partial charge in [0.05, 0.1) is 19.6 Å². The summed E-state index contributed by atoms with van der Waals surface area (Å²) in [6, 6.07) is 10.6. The van der Waals surface area contributed by atoms with Gasteiger partial charge in [-0.1, -0.05) is 17.7 Å². The largest absolute Gasteiger partial charge is 0.490 e. The van der Waals surface area contributed by atoms with Crippen molar-refractivity contribution in [2.45, 2.75) is 46.1 Å². The first-order valence-electron chi connectivity index (χ1n) is 10.3. The summed E-state index contributed by atoms with van der Waals surface area (Å²) in [5.74, 6) is -0.0970. The van der Waals surface area contributed by atoms with E-state index < -0.39 is 18.0 Å². The first-order valence-corrected chi connectivity index (χ1v) is 10.3. The molecule has 0 saturated heterocycles. The SMILES string of the molecule is Cc1ccc(NC(=O)[C@@H](C)OC(=O)CCC(=O)c2ccc3c(c2)OCCCO3)c(C)c1. The number of fused-ring (bicyclic) bond motifs is 1. The molecule has 1 aliphatic heterocycles. The van der Waals surface area contributed by atoms with Crippen LogP contribution in [-0.2, 0) is 14.3 Å². The van der Waals surface area contributed by atoms with E-state index in [4.69, 9.17) is 14.2 Å². The van der Waals surface area contributed by atoms with Crippen LogP contribution < -0.4 is 14.8 Å². The van der Waals surface area contributed by atoms with Crippen molar-refractivity contribution in [3.8, 4) is 11.5 Å². The predicted molar refractivity (Wildman–Crippen MR) is 116 cm³/mol. The molecule has 0 saturated carbocycles. The number of hydrogen-bond acceptors (Lipinski definition) is 6. The van der Waals surface area contributed by atoms with Crippen LogP contribution in [0, 0.1) is 13.8 Å². The number of benzene rings is 2. The zero-order valence-electron chi connectivity index (χ0n) is 18.0. The van der Waals surface area contributed by atoms with Crippen molar-refractivity contribution in [3.05, 3.63) is 53.1 Å². The maximum Gasteiger partial charge on any atom is 0.307 e. The molecule has 0 aliphatic carbocycles. The maximum atomic E-state index is 12.5. The van der Waals surface area contributed by atoms with E-state index in [-0.39, 0.29) is 18.6 Å². The Labute approximate surface area is 181 Å². The third kappa shape index (κ3) is 6.07. The highest BCUT2D eigenvalue weighted by molar-refractivity contribution is 5.99. The number of carbonyl (C=O) groups is 3. The second-order valence-electron chi connectivity index (χ2n) is 7.57. The average Bonchev–Trinajstić information content (AvgIpc) is 2.98. The number of anilines is 1. The topological polar surface area (TPSA) is 90.9 Å². The van der Waals surface area contributed by atoms with Crippen molar-refractivity contribution in [2.75, 3.05) is 18.5 Å². The molecule has 1 N–H and O–H groups in total. The number of Topliss-reactive ketones (excluding diaryl/α,β-unsaturated/α-hetero) is 1. The number of amides is 1. The van der Waals surface area contributed by atoms with E-state index in [9.17, 15) is 14.4 Å². The zero-order valence-corrected chi connectivity index (χ0v) is 18.0. The van der Waals surface area contributed by atoms with E-state index in [1.807, 2.05) is 32.0 Å². The summed E-state index contributed by atoms with van der Waals surface area (Å²) in [5.41, 5.74) is 3.13. The molecule has 0 fully saturated rings. The molecule has 31 heavy (non-hydrogen) atoms. The Morgan fingerprint density at radius 3 is 2.48 bits per heavy atom. The number of nitrogens with one attached hydrogen (secondary N) is 1. The summed E-state index contributed by atoms with van der Waals surface area (Å²) >= 11 is 0. The molecule has 7 heteroatoms. The van der Waals surface area contributed by atoms with Crippen molar-refractivity contribution >= 4 is 23.3 Å². The van der Waals surface area contributed by atoms with Crippen LogP contribution in [0.3, 0.4) is 0 Å². The van der Waals surface area contributed by atoms with Gasteiger partial charge in [0, 0.05) is 24.1 Å². The zero-order chi connectivity index (χ0) is 22.4. The standard InChI is InChI=1S/C24H27NO6/c1-15-5-7-19(16(2)13-15)25-24(28)17(3)31-23(27)10-8-20(26)18-6-9-21-22(14-18)30-12-4-11-29-21/h5-7,9,13-14,17H,4,8,10-12H2,1-3H3,(H,25,28)/t17-/m1/s1. The van der Waals surface area contributed by atoms with E-state index in [0.717, 1.165) is 17.5 Å². The molecule has 0 aromatic heterocycles. The van der Waals surface area contributed by atoms with E-state index >= 15 is 0 Å². The fourth-order valence-corrected chi connectivity index (χ4v) is 3.19. The maximum absolute atomic E-state index is 12.5. The molecule has 0 unspecified atom stereocenters. The lowest BCUT2D eigenvalue weighted by molar-refractivity contribution is -0.153. The summed E-state index contributed by atoms with van der Waals surface area (Å²) in [5, 5.41) is 2.76. The van der Waals surface area contributed by atoms with Gasteiger partial charge >= 0.3 is 5.97 Å². The molecule has 1 atom stereocenters. The Morgan fingerprint density at radius 2 is 1.74 bits per heavy atom. The Balaban J connectivity index is 1.49. The van der Waals surface area contributed by atoms with Gasteiger partial charge in [0.25, 0.3) is 5.91 Å². The van der Waals surface area contributed by atoms with Crippen LogP contribution in [0.25, 0.3) is 0 Å². The number of carbonyl (C=O) groups excluding carboxylic acids is 3. The highest BCUT2D eigenvalue weighted by Crippen LogP contribution is 2.30. The molecule has 1 amide bonds. The predicted octanol–water partition coefficient (Wildman–Crippen LogP) is 4.00. The second-order valence-corrected chi connectivity index (χ2v) is 7.57. The quantitative estimate of drug-likeness (QED) is 0.533. The third-order valence-corrected chi connectivity index (χ3v) is 4.94. The second kappa shape index (κ2) is 10.1. The Hall–Kier alpha value is -3.35. The Bertz CT molecular complexity index is 984. The molecule has 3 rings (SSSR count). The summed E-state index contributed by atoms with van der Waals surface area (Å²) in [6.45, 7) is 6.46. The van der Waals surface area contributed by atoms with Crippen LogP contribution in [0.1, 0.15) is 47.7 Å². The van der Waals surface area contributed by atoms with Gasteiger partial charge in [-0.15, -0.1) is 0 Å². The molecule has 164 valence electrons. The minimum Gasteiger partial charge on any atom is -0.490 e. The van der Waals surface area contributed by atoms with Crippen LogP contribution in [0.2, 0.25) is 0 Å². The van der Waals surface area contributed by atoms with Crippen LogP contribution >= 0.6 is 0 Å². The smallest absolute Gasteiger partial charge is 0.307 e. The number of rotatable bonds is 7. The first-order chi connectivity index (χ1) is 14.8. The highest BCUT2D eigenvalue weighted by atomic mass is 16.5. The molecule has 1 aliphatic rings. The van der Waals surface area contributed by atoms with Gasteiger partial charge in [-0.3, -0.25) is 14.4 Å². The summed E-state index contributed by atoms with van der Waals surface area (Å²) in [7, 11) is 0. The molecule has 2 aromatic rings. The van der Waals surface area contributed by atoms with E-state index in [2.05, 4.69) is 5.32 Å². The lowest BCUT2D eigenvalue weighted by Gasteiger charge is -2.15. The van der Waals surface area contributed by atoms with Crippen LogP contribution in [-0.4, -0.2) is 37.0 Å². The van der Waals surface area contributed by atoms with E-state index in [1.54, 1.807) is 18.2 Å². The van der Waals surface area contributed by atoms with Crippen molar-refractivity contribution < 1.29 is 28.6 Å². The molecular formula is C24H27NO6. The van der Waals surface area contributed by atoms with Crippen molar-refractivity contribution in [3.63, 3.8) is 0 Å². The molecule has 0 spiro atoms. The first kappa shape index (κ1) is 22.3. The number of ether oxygens (including phenoxy) is 3. The van der Waals surface area contributed by atoms with Crippen LogP contribution in [0.15, 0.2) is 36.4 Å². The van der Waals surface area contributed by atoms with Crippen LogP contribution in [0.5, 0.6) is 11.5 Å². The average molecular weight is 425 g/mol. The fourth-order valence-electron chi connectivity index (χ4n) is 3.19. The Morgan fingerprint density at radius 1 is 1.00 bits per heavy atom. The third-order valence-electron chi connectivity index (χ3n) is 4.94. The van der Waals surface area contributed by atoms with Crippen molar-refractivity contribution in [1.29, 1.82) is 0 Å². The Kier molecular flexibility index (Phi) is 7.28. The van der Waals surface area contributed by atoms with Gasteiger partial charge in [-0.25, -0.2) is 0 Å². The lowest BCUT2D eigenvalue weighted by atomic mass is 10.1. The van der Waals surface area contributed by atoms with Crippen molar-refractivity contribution in [1.82, 2.24) is 0 Å². The number of esters is 1. The molecule has 0 radical (unpaired) electrons. The number of hydrogen-bond donors (Lipinski definition) is 1.